The van der Waals surface area contributed by atoms with Gasteiger partial charge in [0.25, 0.3) is 5.56 Å². The van der Waals surface area contributed by atoms with E-state index >= 15 is 0 Å². The fourth-order valence-corrected chi connectivity index (χ4v) is 4.50. The summed E-state index contributed by atoms with van der Waals surface area (Å²) in [5, 5.41) is 2.87. The van der Waals surface area contributed by atoms with Crippen LogP contribution in [0.3, 0.4) is 0 Å². The van der Waals surface area contributed by atoms with Crippen LogP contribution in [0.5, 0.6) is 0 Å². The molecule has 3 heterocycles. The van der Waals surface area contributed by atoms with Gasteiger partial charge >= 0.3 is 0 Å². The molecule has 0 amide bonds. The highest BCUT2D eigenvalue weighted by Crippen LogP contribution is 2.28. The van der Waals surface area contributed by atoms with Crippen LogP contribution in [0.4, 0.5) is 0 Å². The van der Waals surface area contributed by atoms with Crippen molar-refractivity contribution in [3.63, 3.8) is 0 Å². The Labute approximate surface area is 170 Å². The van der Waals surface area contributed by atoms with Gasteiger partial charge in [0.2, 0.25) is 0 Å². The zero-order valence-electron chi connectivity index (χ0n) is 16.7. The number of fused-ring (bicyclic) bond motifs is 3. The molecule has 4 heteroatoms. The molecular weight excluding hydrogens is 358 g/mol. The second-order valence-corrected chi connectivity index (χ2v) is 8.19. The highest BCUT2D eigenvalue weighted by Gasteiger charge is 2.21. The van der Waals surface area contributed by atoms with Gasteiger partial charge in [-0.1, -0.05) is 36.4 Å². The molecule has 0 saturated carbocycles. The quantitative estimate of drug-likeness (QED) is 0.519. The molecule has 4 aromatic rings. The van der Waals surface area contributed by atoms with Crippen molar-refractivity contribution >= 4 is 21.7 Å². The van der Waals surface area contributed by atoms with Gasteiger partial charge < -0.3 is 4.98 Å². The molecule has 0 radical (unpaired) electrons. The Morgan fingerprint density at radius 1 is 1.00 bits per heavy atom. The van der Waals surface area contributed by atoms with E-state index in [0.717, 1.165) is 54.2 Å². The zero-order valence-corrected chi connectivity index (χ0v) is 16.7. The van der Waals surface area contributed by atoms with Crippen molar-refractivity contribution in [1.82, 2.24) is 14.9 Å². The standard InChI is InChI=1S/C25H25N3O/c1-17-6-9-23(26-15-17)19-10-12-28(13-11-19)16-18-7-8-21-20-4-2-3-5-22(20)25(29)27-24(21)14-18/h2-9,14-15,19H,10-13,16H2,1H3,(H,27,29). The number of aromatic amines is 1. The normalized spacial score (nSPS) is 15.9. The third-order valence-electron chi connectivity index (χ3n) is 6.14. The molecule has 0 aliphatic carbocycles. The van der Waals surface area contributed by atoms with Crippen LogP contribution < -0.4 is 5.56 Å². The van der Waals surface area contributed by atoms with Crippen LogP contribution in [0.1, 0.15) is 35.6 Å². The molecule has 0 unspecified atom stereocenters. The van der Waals surface area contributed by atoms with Crippen LogP contribution >= 0.6 is 0 Å². The maximum Gasteiger partial charge on any atom is 0.256 e. The zero-order chi connectivity index (χ0) is 19.8. The largest absolute Gasteiger partial charge is 0.321 e. The first-order chi connectivity index (χ1) is 14.2. The molecule has 1 N–H and O–H groups in total. The Balaban J connectivity index is 1.33. The summed E-state index contributed by atoms with van der Waals surface area (Å²) in [6.45, 7) is 5.15. The fourth-order valence-electron chi connectivity index (χ4n) is 4.50. The highest BCUT2D eigenvalue weighted by atomic mass is 16.1. The molecule has 1 aliphatic rings. The van der Waals surface area contributed by atoms with E-state index in [1.807, 2.05) is 30.5 Å². The van der Waals surface area contributed by atoms with Gasteiger partial charge in [-0.3, -0.25) is 14.7 Å². The first-order valence-corrected chi connectivity index (χ1v) is 10.4. The van der Waals surface area contributed by atoms with Gasteiger partial charge in [0.05, 0.1) is 0 Å². The first kappa shape index (κ1) is 18.1. The Morgan fingerprint density at radius 2 is 1.79 bits per heavy atom. The van der Waals surface area contributed by atoms with Crippen molar-refractivity contribution in [1.29, 1.82) is 0 Å². The summed E-state index contributed by atoms with van der Waals surface area (Å²) in [5.41, 5.74) is 4.59. The molecule has 1 fully saturated rings. The monoisotopic (exact) mass is 383 g/mol. The number of nitrogens with one attached hydrogen (secondary N) is 1. The third kappa shape index (κ3) is 3.56. The Bertz CT molecular complexity index is 1220. The highest BCUT2D eigenvalue weighted by molar-refractivity contribution is 6.05. The summed E-state index contributed by atoms with van der Waals surface area (Å²) in [6.07, 6.45) is 4.26. The number of H-pyrrole nitrogens is 1. The SMILES string of the molecule is Cc1ccc(C2CCN(Cc3ccc4c(c3)[nH]c(=O)c3ccccc34)CC2)nc1. The summed E-state index contributed by atoms with van der Waals surface area (Å²) in [4.78, 5) is 22.6. The Hall–Kier alpha value is -2.98. The minimum atomic E-state index is -0.0170. The van der Waals surface area contributed by atoms with E-state index in [-0.39, 0.29) is 5.56 Å². The lowest BCUT2D eigenvalue weighted by Gasteiger charge is -2.31. The second-order valence-electron chi connectivity index (χ2n) is 8.19. The maximum atomic E-state index is 12.4. The van der Waals surface area contributed by atoms with Crippen LogP contribution in [0.25, 0.3) is 21.7 Å². The molecule has 2 aromatic carbocycles. The first-order valence-electron chi connectivity index (χ1n) is 10.4. The van der Waals surface area contributed by atoms with Crippen LogP contribution in [0, 0.1) is 6.92 Å². The number of aromatic nitrogens is 2. The van der Waals surface area contributed by atoms with Crippen molar-refractivity contribution in [2.75, 3.05) is 13.1 Å². The summed E-state index contributed by atoms with van der Waals surface area (Å²) in [7, 11) is 0. The van der Waals surface area contributed by atoms with Crippen LogP contribution in [-0.2, 0) is 6.54 Å². The van der Waals surface area contributed by atoms with E-state index in [1.54, 1.807) is 0 Å². The summed E-state index contributed by atoms with van der Waals surface area (Å²) in [6, 6.07) is 18.6. The van der Waals surface area contributed by atoms with E-state index in [2.05, 4.69) is 52.1 Å². The van der Waals surface area contributed by atoms with Gasteiger partial charge in [-0.05, 0) is 67.6 Å². The van der Waals surface area contributed by atoms with Crippen molar-refractivity contribution < 1.29 is 0 Å². The van der Waals surface area contributed by atoms with Crippen LogP contribution in [0.15, 0.2) is 65.6 Å². The fraction of sp³-hybridized carbons (Fsp3) is 0.280. The van der Waals surface area contributed by atoms with E-state index in [4.69, 9.17) is 0 Å². The number of aryl methyl sites for hydroxylation is 1. The van der Waals surface area contributed by atoms with Crippen molar-refractivity contribution in [2.24, 2.45) is 0 Å². The smallest absolute Gasteiger partial charge is 0.256 e. The molecule has 29 heavy (non-hydrogen) atoms. The van der Waals surface area contributed by atoms with Crippen LogP contribution in [-0.4, -0.2) is 28.0 Å². The lowest BCUT2D eigenvalue weighted by molar-refractivity contribution is 0.203. The maximum absolute atomic E-state index is 12.4. The van der Waals surface area contributed by atoms with Gasteiger partial charge in [0, 0.05) is 40.6 Å². The van der Waals surface area contributed by atoms with Crippen LogP contribution in [0.2, 0.25) is 0 Å². The summed E-state index contributed by atoms with van der Waals surface area (Å²) < 4.78 is 0. The Kier molecular flexibility index (Phi) is 4.64. The van der Waals surface area contributed by atoms with Crippen molar-refractivity contribution in [2.45, 2.75) is 32.2 Å². The Morgan fingerprint density at radius 3 is 2.55 bits per heavy atom. The predicted molar refractivity (Wildman–Crippen MR) is 118 cm³/mol. The van der Waals surface area contributed by atoms with Crippen molar-refractivity contribution in [3.8, 4) is 0 Å². The van der Waals surface area contributed by atoms with Crippen molar-refractivity contribution in [3.05, 3.63) is 88.0 Å². The number of likely N-dealkylation sites (tertiary alicyclic amines) is 1. The number of benzene rings is 2. The predicted octanol–water partition coefficient (Wildman–Crippen LogP) is 4.76. The van der Waals surface area contributed by atoms with Gasteiger partial charge in [-0.2, -0.15) is 0 Å². The molecule has 146 valence electrons. The van der Waals surface area contributed by atoms with Gasteiger partial charge in [0.15, 0.2) is 0 Å². The number of nitrogens with zero attached hydrogens (tertiary/aromatic N) is 2. The number of piperidine rings is 1. The number of hydrogen-bond donors (Lipinski definition) is 1. The summed E-state index contributed by atoms with van der Waals surface area (Å²) >= 11 is 0. The molecule has 2 aromatic heterocycles. The number of hydrogen-bond acceptors (Lipinski definition) is 3. The van der Waals surface area contributed by atoms with E-state index in [1.165, 1.54) is 16.8 Å². The van der Waals surface area contributed by atoms with E-state index in [0.29, 0.717) is 5.92 Å². The molecular formula is C25H25N3O. The minimum Gasteiger partial charge on any atom is -0.321 e. The molecule has 0 bridgehead atoms. The van der Waals surface area contributed by atoms with E-state index < -0.39 is 0 Å². The molecule has 5 rings (SSSR count). The van der Waals surface area contributed by atoms with Gasteiger partial charge in [-0.25, -0.2) is 0 Å². The van der Waals surface area contributed by atoms with Gasteiger partial charge in [0.1, 0.15) is 0 Å². The number of rotatable bonds is 3. The number of pyridine rings is 2. The summed E-state index contributed by atoms with van der Waals surface area (Å²) in [5.74, 6) is 0.561. The topological polar surface area (TPSA) is 49.0 Å². The second kappa shape index (κ2) is 7.45. The third-order valence-corrected chi connectivity index (χ3v) is 6.14. The average molecular weight is 383 g/mol. The van der Waals surface area contributed by atoms with Gasteiger partial charge in [-0.15, -0.1) is 0 Å². The molecule has 1 saturated heterocycles. The molecule has 1 aliphatic heterocycles. The lowest BCUT2D eigenvalue weighted by atomic mass is 9.92. The van der Waals surface area contributed by atoms with E-state index in [9.17, 15) is 4.79 Å². The molecule has 0 atom stereocenters. The minimum absolute atomic E-state index is 0.0170. The molecule has 0 spiro atoms. The average Bonchev–Trinajstić information content (AvgIpc) is 2.75. The molecule has 4 nitrogen and oxygen atoms in total. The lowest BCUT2D eigenvalue weighted by Crippen LogP contribution is -2.32.